The minimum Gasteiger partial charge on any atom is -0.394 e. The molecule has 2 aliphatic rings. The van der Waals surface area contributed by atoms with Crippen molar-refractivity contribution in [3.05, 3.63) is 35.4 Å². The normalized spacial score (nSPS) is 23.4. The van der Waals surface area contributed by atoms with Crippen molar-refractivity contribution in [2.75, 3.05) is 19.7 Å². The van der Waals surface area contributed by atoms with Gasteiger partial charge in [-0.05, 0) is 37.5 Å². The van der Waals surface area contributed by atoms with Crippen LogP contribution >= 0.6 is 0 Å². The summed E-state index contributed by atoms with van der Waals surface area (Å²) in [5.41, 5.74) is 2.03. The van der Waals surface area contributed by atoms with Gasteiger partial charge in [0, 0.05) is 30.5 Å². The molecular formula is C23H31N3O3. The molecule has 2 N–H and O–H groups in total. The number of aliphatic hydroxyl groups excluding tert-OH is 1. The van der Waals surface area contributed by atoms with E-state index in [1.807, 2.05) is 38.1 Å². The van der Waals surface area contributed by atoms with Gasteiger partial charge >= 0.3 is 6.03 Å². The molecule has 0 aliphatic carbocycles. The molecule has 3 amide bonds. The molecule has 2 aliphatic heterocycles. The minimum absolute atomic E-state index is 0.0104. The number of carbonyl (C=O) groups is 2. The number of piperazine rings is 1. The molecule has 0 spiro atoms. The second kappa shape index (κ2) is 8.87. The maximum atomic E-state index is 12.6. The molecule has 0 saturated carbocycles. The average Bonchev–Trinajstić information content (AvgIpc) is 2.63. The molecule has 1 aromatic carbocycles. The van der Waals surface area contributed by atoms with Crippen LogP contribution in [0.2, 0.25) is 0 Å². The first-order valence-corrected chi connectivity index (χ1v) is 10.4. The van der Waals surface area contributed by atoms with Gasteiger partial charge in [-0.1, -0.05) is 37.8 Å². The first-order valence-electron chi connectivity index (χ1n) is 10.4. The van der Waals surface area contributed by atoms with Crippen LogP contribution in [0, 0.1) is 17.8 Å². The van der Waals surface area contributed by atoms with Gasteiger partial charge in [0.25, 0.3) is 0 Å². The monoisotopic (exact) mass is 397 g/mol. The Kier molecular flexibility index (Phi) is 6.49. The summed E-state index contributed by atoms with van der Waals surface area (Å²) in [4.78, 5) is 28.3. The summed E-state index contributed by atoms with van der Waals surface area (Å²) in [6.07, 6.45) is 0.865. The molecule has 2 fully saturated rings. The van der Waals surface area contributed by atoms with Gasteiger partial charge in [-0.2, -0.15) is 0 Å². The fourth-order valence-electron chi connectivity index (χ4n) is 4.14. The zero-order valence-corrected chi connectivity index (χ0v) is 17.7. The molecule has 2 saturated heterocycles. The van der Waals surface area contributed by atoms with Gasteiger partial charge in [-0.3, -0.25) is 4.79 Å². The lowest BCUT2D eigenvalue weighted by Gasteiger charge is -2.58. The van der Waals surface area contributed by atoms with Gasteiger partial charge in [0.05, 0.1) is 18.7 Å². The highest BCUT2D eigenvalue weighted by molar-refractivity contribution is 5.87. The third-order valence-electron chi connectivity index (χ3n) is 5.49. The summed E-state index contributed by atoms with van der Waals surface area (Å²) in [5, 5.41) is 12.7. The van der Waals surface area contributed by atoms with Gasteiger partial charge in [-0.15, -0.1) is 0 Å². The van der Waals surface area contributed by atoms with E-state index in [9.17, 15) is 14.7 Å². The van der Waals surface area contributed by atoms with Crippen molar-refractivity contribution in [1.29, 1.82) is 0 Å². The Bertz CT molecular complexity index is 807. The standard InChI is InChI=1S/C23H31N3O3/c1-15(2)6-5-7-17-8-10-18(11-9-17)22-19-12-25(23(29)24-16(3)4)13-21(28)26(19)20(22)14-27/h8-11,15-16,19-20,22,27H,6,12-14H2,1-4H3,(H,24,29)/t19-,20+,22-/m0/s1. The van der Waals surface area contributed by atoms with Gasteiger partial charge < -0.3 is 20.2 Å². The number of aliphatic hydroxyl groups is 1. The molecule has 3 rings (SSSR count). The Morgan fingerprint density at radius 1 is 1.24 bits per heavy atom. The van der Waals surface area contributed by atoms with Crippen molar-refractivity contribution in [2.45, 2.75) is 58.2 Å². The molecule has 0 radical (unpaired) electrons. The number of urea groups is 1. The van der Waals surface area contributed by atoms with Crippen LogP contribution in [-0.4, -0.2) is 64.7 Å². The zero-order valence-electron chi connectivity index (χ0n) is 17.7. The maximum Gasteiger partial charge on any atom is 0.318 e. The Morgan fingerprint density at radius 3 is 2.52 bits per heavy atom. The van der Waals surface area contributed by atoms with Gasteiger partial charge in [0.2, 0.25) is 5.91 Å². The molecule has 156 valence electrons. The zero-order chi connectivity index (χ0) is 21.1. The molecule has 0 unspecified atom stereocenters. The van der Waals surface area contributed by atoms with Gasteiger partial charge in [0.15, 0.2) is 0 Å². The first kappa shape index (κ1) is 21.2. The van der Waals surface area contributed by atoms with Crippen LogP contribution in [0.1, 0.15) is 51.2 Å². The van der Waals surface area contributed by atoms with Crippen LogP contribution in [0.15, 0.2) is 24.3 Å². The fraction of sp³-hybridized carbons (Fsp3) is 0.565. The third-order valence-corrected chi connectivity index (χ3v) is 5.49. The molecular weight excluding hydrogens is 366 g/mol. The van der Waals surface area contributed by atoms with E-state index in [4.69, 9.17) is 0 Å². The predicted octanol–water partition coefficient (Wildman–Crippen LogP) is 2.17. The quantitative estimate of drug-likeness (QED) is 0.765. The lowest BCUT2D eigenvalue weighted by Crippen LogP contribution is -2.74. The molecule has 6 heteroatoms. The average molecular weight is 398 g/mol. The van der Waals surface area contributed by atoms with Gasteiger partial charge in [0.1, 0.15) is 6.54 Å². The van der Waals surface area contributed by atoms with E-state index in [2.05, 4.69) is 31.0 Å². The van der Waals surface area contributed by atoms with E-state index in [0.717, 1.165) is 17.5 Å². The molecule has 0 bridgehead atoms. The Labute approximate surface area is 173 Å². The summed E-state index contributed by atoms with van der Waals surface area (Å²) < 4.78 is 0. The SMILES string of the molecule is CC(C)CC#Cc1ccc([C@@H]2[C@@H](CO)N3C(=O)CN(C(=O)NC(C)C)C[C@@H]23)cc1. The highest BCUT2D eigenvalue weighted by Crippen LogP contribution is 2.42. The van der Waals surface area contributed by atoms with Crippen LogP contribution in [0.3, 0.4) is 0 Å². The Balaban J connectivity index is 1.75. The smallest absolute Gasteiger partial charge is 0.318 e. The summed E-state index contributed by atoms with van der Waals surface area (Å²) >= 11 is 0. The van der Waals surface area contributed by atoms with E-state index in [0.29, 0.717) is 12.5 Å². The molecule has 0 aromatic heterocycles. The summed E-state index contributed by atoms with van der Waals surface area (Å²) in [6, 6.07) is 7.51. The molecule has 1 aromatic rings. The topological polar surface area (TPSA) is 72.9 Å². The minimum atomic E-state index is -0.235. The highest BCUT2D eigenvalue weighted by atomic mass is 16.3. The summed E-state index contributed by atoms with van der Waals surface area (Å²) in [6.45, 7) is 8.53. The van der Waals surface area contributed by atoms with Crippen LogP contribution in [0.4, 0.5) is 4.79 Å². The van der Waals surface area contributed by atoms with Crippen LogP contribution in [-0.2, 0) is 4.79 Å². The van der Waals surface area contributed by atoms with E-state index in [1.54, 1.807) is 9.80 Å². The lowest BCUT2D eigenvalue weighted by atomic mass is 9.73. The van der Waals surface area contributed by atoms with Crippen molar-refractivity contribution >= 4 is 11.9 Å². The number of nitrogens with zero attached hydrogens (tertiary/aromatic N) is 2. The van der Waals surface area contributed by atoms with E-state index < -0.39 is 0 Å². The van der Waals surface area contributed by atoms with E-state index >= 15 is 0 Å². The van der Waals surface area contributed by atoms with Crippen LogP contribution < -0.4 is 5.32 Å². The van der Waals surface area contributed by atoms with E-state index in [-0.39, 0.29) is 49.1 Å². The number of benzene rings is 1. The molecule has 6 nitrogen and oxygen atoms in total. The Morgan fingerprint density at radius 2 is 1.93 bits per heavy atom. The van der Waals surface area contributed by atoms with Crippen molar-refractivity contribution < 1.29 is 14.7 Å². The number of hydrogen-bond acceptors (Lipinski definition) is 3. The third kappa shape index (κ3) is 4.56. The molecule has 3 atom stereocenters. The second-order valence-corrected chi connectivity index (χ2v) is 8.65. The first-order chi connectivity index (χ1) is 13.8. The largest absolute Gasteiger partial charge is 0.394 e. The lowest BCUT2D eigenvalue weighted by molar-refractivity contribution is -0.159. The summed E-state index contributed by atoms with van der Waals surface area (Å²) in [5.74, 6) is 6.82. The van der Waals surface area contributed by atoms with Crippen LogP contribution in [0.25, 0.3) is 0 Å². The van der Waals surface area contributed by atoms with Crippen molar-refractivity contribution in [1.82, 2.24) is 15.1 Å². The predicted molar refractivity (Wildman–Crippen MR) is 112 cm³/mol. The van der Waals surface area contributed by atoms with E-state index in [1.165, 1.54) is 0 Å². The van der Waals surface area contributed by atoms with Crippen LogP contribution in [0.5, 0.6) is 0 Å². The molecule has 2 heterocycles. The summed E-state index contributed by atoms with van der Waals surface area (Å²) in [7, 11) is 0. The number of fused-ring (bicyclic) bond motifs is 1. The number of rotatable bonds is 4. The van der Waals surface area contributed by atoms with Crippen molar-refractivity contribution in [2.24, 2.45) is 5.92 Å². The molecule has 29 heavy (non-hydrogen) atoms. The number of amides is 3. The van der Waals surface area contributed by atoms with Gasteiger partial charge in [-0.25, -0.2) is 4.79 Å². The Hall–Kier alpha value is -2.52. The second-order valence-electron chi connectivity index (χ2n) is 8.65. The highest BCUT2D eigenvalue weighted by Gasteiger charge is 2.54. The number of nitrogens with one attached hydrogen (secondary N) is 1. The van der Waals surface area contributed by atoms with Crippen molar-refractivity contribution in [3.8, 4) is 11.8 Å². The van der Waals surface area contributed by atoms with Crippen molar-refractivity contribution in [3.63, 3.8) is 0 Å². The number of carbonyl (C=O) groups excluding carboxylic acids is 2. The maximum absolute atomic E-state index is 12.6. The number of hydrogen-bond donors (Lipinski definition) is 2. The fourth-order valence-corrected chi connectivity index (χ4v) is 4.14.